The van der Waals surface area contributed by atoms with E-state index in [1.54, 1.807) is 0 Å². The first kappa shape index (κ1) is 36.0. The van der Waals surface area contributed by atoms with Gasteiger partial charge in [-0.3, -0.25) is 0 Å². The summed E-state index contributed by atoms with van der Waals surface area (Å²) in [6, 6.07) is 0. The Kier molecular flexibility index (Phi) is 230. The molecule has 0 aromatic rings. The molecular weight excluding hydrogens is 673 g/mol. The second kappa shape index (κ2) is 82.9. The first-order valence-electron chi connectivity index (χ1n) is 4.26. The SMILES string of the molecule is CC.CCCC.I.II.[CH2-]CC.[W]. The first-order valence-corrected chi connectivity index (χ1v) is 10.5. The van der Waals surface area contributed by atoms with Crippen LogP contribution >= 0.6 is 61.2 Å². The quantitative estimate of drug-likeness (QED) is 0.219. The van der Waals surface area contributed by atoms with Gasteiger partial charge in [0, 0.05) is 58.3 Å². The molecule has 0 spiro atoms. The van der Waals surface area contributed by atoms with E-state index in [-0.39, 0.29) is 45.0 Å². The Bertz CT molecular complexity index is 22.3. The maximum Gasteiger partial charge on any atom is 0 e. The van der Waals surface area contributed by atoms with Crippen molar-refractivity contribution < 1.29 is 21.1 Å². The molecule has 0 aliphatic rings. The van der Waals surface area contributed by atoms with E-state index >= 15 is 0 Å². The van der Waals surface area contributed by atoms with Gasteiger partial charge in [0.05, 0.1) is 0 Å². The predicted octanol–water partition coefficient (Wildman–Crippen LogP) is 6.45. The van der Waals surface area contributed by atoms with Crippen molar-refractivity contribution in [2.45, 2.75) is 53.9 Å². The minimum atomic E-state index is 0. The normalized spacial score (nSPS) is 4.62. The van der Waals surface area contributed by atoms with Crippen LogP contribution in [0.2, 0.25) is 0 Å². The van der Waals surface area contributed by atoms with Crippen molar-refractivity contribution in [3.63, 3.8) is 0 Å². The standard InChI is InChI=1S/C4H10.C3H7.C2H6.I2.HI.W/c1-3-4-2;1-3-2;2*1-2;;/h3-4H2,1-2H3;1,3H2,2H3;1-2H3;;1H;/q;-1;;;;. The fourth-order valence-electron chi connectivity index (χ4n) is 0. The van der Waals surface area contributed by atoms with Crippen LogP contribution in [-0.4, -0.2) is 0 Å². The molecule has 0 fully saturated rings. The maximum absolute atomic E-state index is 3.49. The van der Waals surface area contributed by atoms with Crippen LogP contribution in [0, 0.1) is 6.92 Å². The van der Waals surface area contributed by atoms with Gasteiger partial charge in [0.1, 0.15) is 0 Å². The van der Waals surface area contributed by atoms with Crippen LogP contribution in [0.5, 0.6) is 0 Å². The van der Waals surface area contributed by atoms with Crippen molar-refractivity contribution in [1.82, 2.24) is 0 Å². The third kappa shape index (κ3) is 164. The smallest absolute Gasteiger partial charge is 0 e. The minimum absolute atomic E-state index is 0. The summed E-state index contributed by atoms with van der Waals surface area (Å²) in [6.07, 6.45) is 3.64. The van der Waals surface area contributed by atoms with E-state index < -0.39 is 0 Å². The van der Waals surface area contributed by atoms with E-state index in [0.717, 1.165) is 6.42 Å². The Labute approximate surface area is 141 Å². The maximum atomic E-state index is 3.49. The molecule has 0 saturated carbocycles. The molecule has 0 unspecified atom stereocenters. The summed E-state index contributed by atoms with van der Waals surface area (Å²) in [6.45, 7) is 13.9. The van der Waals surface area contributed by atoms with Crippen molar-refractivity contribution in [2.24, 2.45) is 0 Å². The van der Waals surface area contributed by atoms with Gasteiger partial charge in [0.25, 0.3) is 0 Å². The van der Waals surface area contributed by atoms with Gasteiger partial charge in [-0.05, 0) is 0 Å². The number of hydrogen-bond acceptors (Lipinski definition) is 0. The Morgan fingerprint density at radius 1 is 0.923 bits per heavy atom. The first-order chi connectivity index (χ1) is 5.33. The molecule has 0 aliphatic heterocycles. The van der Waals surface area contributed by atoms with Crippen molar-refractivity contribution in [3.05, 3.63) is 6.92 Å². The van der Waals surface area contributed by atoms with Gasteiger partial charge >= 0.3 is 0 Å². The largest absolute Gasteiger partial charge is 0.344 e. The molecule has 0 radical (unpaired) electrons. The summed E-state index contributed by atoms with van der Waals surface area (Å²) in [7, 11) is 0. The summed E-state index contributed by atoms with van der Waals surface area (Å²) in [5.74, 6) is 0. The van der Waals surface area contributed by atoms with Crippen LogP contribution in [0.1, 0.15) is 53.9 Å². The fourth-order valence-corrected chi connectivity index (χ4v) is 0. The molecule has 0 nitrogen and oxygen atoms in total. The van der Waals surface area contributed by atoms with E-state index in [1.165, 1.54) is 12.8 Å². The summed E-state index contributed by atoms with van der Waals surface area (Å²) < 4.78 is 0. The molecule has 4 heteroatoms. The van der Waals surface area contributed by atoms with Crippen LogP contribution in [0.25, 0.3) is 0 Å². The van der Waals surface area contributed by atoms with Crippen LogP contribution in [-0.2, 0) is 21.1 Å². The zero-order valence-electron chi connectivity index (χ0n) is 9.40. The molecule has 0 aliphatic carbocycles. The van der Waals surface area contributed by atoms with Crippen molar-refractivity contribution in [1.29, 1.82) is 0 Å². The topological polar surface area (TPSA) is 0 Å². The third-order valence-corrected chi connectivity index (χ3v) is 0.500. The summed E-state index contributed by atoms with van der Waals surface area (Å²) in [5.41, 5.74) is 0. The average Bonchev–Trinajstić information content (AvgIpc) is 2.12. The van der Waals surface area contributed by atoms with E-state index in [1.807, 2.05) is 20.8 Å². The fraction of sp³-hybridized carbons (Fsp3) is 0.889. The number of hydrogen-bond donors (Lipinski definition) is 0. The molecule has 0 aromatic carbocycles. The molecule has 0 atom stereocenters. The summed E-state index contributed by atoms with van der Waals surface area (Å²) in [4.78, 5) is 0. The van der Waals surface area contributed by atoms with Crippen LogP contribution < -0.4 is 0 Å². The van der Waals surface area contributed by atoms with E-state index in [9.17, 15) is 0 Å². The molecule has 0 rings (SSSR count). The molecule has 0 saturated heterocycles. The van der Waals surface area contributed by atoms with Gasteiger partial charge in [0.15, 0.2) is 0 Å². The van der Waals surface area contributed by atoms with Crippen LogP contribution in [0.15, 0.2) is 0 Å². The van der Waals surface area contributed by atoms with Gasteiger partial charge in [-0.25, -0.2) is 0 Å². The van der Waals surface area contributed by atoms with Crippen LogP contribution in [0.3, 0.4) is 0 Å². The van der Waals surface area contributed by atoms with E-state index in [4.69, 9.17) is 0 Å². The second-order valence-corrected chi connectivity index (χ2v) is 1.50. The zero-order valence-corrected chi connectivity index (χ0v) is 19.0. The van der Waals surface area contributed by atoms with E-state index in [0.29, 0.717) is 0 Å². The Hall–Kier alpha value is 2.88. The van der Waals surface area contributed by atoms with Gasteiger partial charge < -0.3 is 6.92 Å². The monoisotopic (exact) mass is 697 g/mol. The Balaban J connectivity index is -0.0000000125. The predicted molar refractivity (Wildman–Crippen MR) is 91.0 cm³/mol. The molecule has 0 heterocycles. The number of halogens is 3. The molecular formula is C9H24I3W-. The van der Waals surface area contributed by atoms with Gasteiger partial charge in [0.2, 0.25) is 0 Å². The molecule has 13 heavy (non-hydrogen) atoms. The number of rotatable bonds is 1. The van der Waals surface area contributed by atoms with Crippen LogP contribution in [0.4, 0.5) is 0 Å². The van der Waals surface area contributed by atoms with Crippen molar-refractivity contribution in [3.8, 4) is 0 Å². The zero-order chi connectivity index (χ0) is 10.1. The number of unbranched alkanes of at least 4 members (excludes halogenated alkanes) is 1. The van der Waals surface area contributed by atoms with Crippen molar-refractivity contribution in [2.75, 3.05) is 0 Å². The molecule has 0 bridgehead atoms. The second-order valence-electron chi connectivity index (χ2n) is 1.50. The summed E-state index contributed by atoms with van der Waals surface area (Å²) in [5, 5.41) is 0. The van der Waals surface area contributed by atoms with E-state index in [2.05, 4.69) is 58.0 Å². The molecule has 0 amide bonds. The third-order valence-electron chi connectivity index (χ3n) is 0.500. The molecule has 88 valence electrons. The van der Waals surface area contributed by atoms with Gasteiger partial charge in [-0.15, -0.1) is 24.0 Å². The summed E-state index contributed by atoms with van der Waals surface area (Å²) >= 11 is 4.24. The Morgan fingerprint density at radius 3 is 1.00 bits per heavy atom. The molecule has 0 aromatic heterocycles. The van der Waals surface area contributed by atoms with Crippen molar-refractivity contribution >= 4 is 61.2 Å². The van der Waals surface area contributed by atoms with Gasteiger partial charge in [-0.2, -0.15) is 6.42 Å². The Morgan fingerprint density at radius 2 is 1.00 bits per heavy atom. The minimum Gasteiger partial charge on any atom is -0.344 e. The molecule has 0 N–H and O–H groups in total. The van der Waals surface area contributed by atoms with Gasteiger partial charge in [-0.1, -0.05) is 47.5 Å². The average molecular weight is 697 g/mol.